The molecular formula is C54H44N7O7S4+. The number of aliphatic carboxylic acids is 1. The van der Waals surface area contributed by atoms with E-state index >= 15 is 0 Å². The van der Waals surface area contributed by atoms with E-state index < -0.39 is 53.4 Å². The molecule has 0 radical (unpaired) electrons. The minimum atomic E-state index is -1.24. The van der Waals surface area contributed by atoms with Gasteiger partial charge in [-0.25, -0.2) is 19.6 Å². The van der Waals surface area contributed by atoms with Gasteiger partial charge >= 0.3 is 11.9 Å². The van der Waals surface area contributed by atoms with Crippen LogP contribution in [0.15, 0.2) is 196 Å². The van der Waals surface area contributed by atoms with Crippen molar-refractivity contribution in [2.45, 2.75) is 27.4 Å². The van der Waals surface area contributed by atoms with Gasteiger partial charge in [0, 0.05) is 23.0 Å². The highest BCUT2D eigenvalue weighted by atomic mass is 32.2. The number of rotatable bonds is 18. The molecule has 14 nitrogen and oxygen atoms in total. The van der Waals surface area contributed by atoms with Crippen molar-refractivity contribution in [3.63, 3.8) is 0 Å². The molecule has 8 aromatic rings. The summed E-state index contributed by atoms with van der Waals surface area (Å²) in [6, 6.07) is 51.2. The number of fused-ring (bicyclic) bond motifs is 2. The van der Waals surface area contributed by atoms with E-state index in [0.29, 0.717) is 22.2 Å². The third kappa shape index (κ3) is 9.85. The molecule has 2 aliphatic heterocycles. The maximum atomic E-state index is 14.6. The van der Waals surface area contributed by atoms with Gasteiger partial charge in [-0.15, -0.1) is 23.1 Å². The van der Waals surface area contributed by atoms with E-state index in [2.05, 4.69) is 15.8 Å². The van der Waals surface area contributed by atoms with Crippen LogP contribution in [-0.2, 0) is 41.3 Å². The molecule has 1 saturated heterocycles. The summed E-state index contributed by atoms with van der Waals surface area (Å²) in [5.74, 6) is -2.80. The molecule has 360 valence electrons. The van der Waals surface area contributed by atoms with Gasteiger partial charge in [0.25, 0.3) is 16.6 Å². The lowest BCUT2D eigenvalue weighted by Gasteiger charge is -2.49. The molecule has 0 bridgehead atoms. The molecule has 18 heteroatoms. The number of carboxylic acids is 1. The molecule has 1 unspecified atom stereocenters. The summed E-state index contributed by atoms with van der Waals surface area (Å²) >= 11 is 5.50. The van der Waals surface area contributed by atoms with Gasteiger partial charge in [-0.1, -0.05) is 169 Å². The van der Waals surface area contributed by atoms with Gasteiger partial charge in [0.2, 0.25) is 6.61 Å². The number of aryl methyl sites for hydroxylation is 1. The van der Waals surface area contributed by atoms with Crippen molar-refractivity contribution in [3.05, 3.63) is 220 Å². The minimum absolute atomic E-state index is 0.0942. The van der Waals surface area contributed by atoms with Crippen LogP contribution in [0.2, 0.25) is 0 Å². The van der Waals surface area contributed by atoms with Gasteiger partial charge in [-0.2, -0.15) is 4.57 Å². The number of carbonyl (C=O) groups is 4. The summed E-state index contributed by atoms with van der Waals surface area (Å²) in [6.07, 6.45) is 1.19. The molecule has 5 aromatic carbocycles. The van der Waals surface area contributed by atoms with E-state index in [1.807, 2.05) is 182 Å². The Bertz CT molecular complexity index is 3190. The zero-order valence-corrected chi connectivity index (χ0v) is 41.6. The molecular weight excluding hydrogens is 987 g/mol. The SMILES string of the molecule is C[n+]1cccc2nc(SCC3=C(C(=O)O)N4C(=O)C(NC(=O)C(=NOCC(=O)OC(c5ccccc5)c5ccccc5)c5csc(NC(c6ccccc6)(c6ccccc6)c6ccccc6)n5)[C@@H]4SC3)sc21. The number of carbonyl (C=O) groups excluding carboxylic acids is 3. The van der Waals surface area contributed by atoms with Gasteiger partial charge in [-0.05, 0) is 50.8 Å². The first-order valence-electron chi connectivity index (χ1n) is 22.7. The third-order valence-corrected chi connectivity index (χ3v) is 16.6. The monoisotopic (exact) mass is 1030 g/mol. The highest BCUT2D eigenvalue weighted by molar-refractivity contribution is 8.02. The standard InChI is InChI=1S/C54H43N7O7S4/c1-60-29-17-28-40-49(60)72-53(56-40)71-32-36-31-69-50-44(48(64)61(50)45(36)51(65)66)57-47(63)43(59-67-30-42(62)68-46(34-18-7-2-8-19-34)35-20-9-3-10-21-35)41-33-70-52(55-41)58-54(37-22-11-4-12-23-37,38-24-13-5-14-25-38)39-26-15-6-16-27-39/h2-29,33,44,46,50H,30-32H2,1H3,(H2-,55,57,58,63,65,66)/p+1/t44?,50-/m0/s1. The second-order valence-corrected chi connectivity index (χ2v) is 20.8. The highest BCUT2D eigenvalue weighted by Gasteiger charge is 2.54. The van der Waals surface area contributed by atoms with E-state index in [-0.39, 0.29) is 17.1 Å². The number of thiazole rings is 2. The lowest BCUT2D eigenvalue weighted by atomic mass is 9.77. The molecule has 0 spiro atoms. The van der Waals surface area contributed by atoms with E-state index in [9.17, 15) is 24.3 Å². The van der Waals surface area contributed by atoms with Crippen molar-refractivity contribution in [1.29, 1.82) is 0 Å². The fourth-order valence-corrected chi connectivity index (χ4v) is 13.0. The van der Waals surface area contributed by atoms with Crippen LogP contribution in [0.1, 0.15) is 39.6 Å². The number of hydrogen-bond donors (Lipinski definition) is 3. The van der Waals surface area contributed by atoms with Crippen LogP contribution in [0.25, 0.3) is 10.3 Å². The Morgan fingerprint density at radius 1 is 0.833 bits per heavy atom. The zero-order chi connectivity index (χ0) is 49.6. The number of nitrogens with zero attached hydrogens (tertiary/aromatic N) is 5. The number of oxime groups is 1. The normalized spacial score (nSPS) is 15.7. The summed E-state index contributed by atoms with van der Waals surface area (Å²) in [5, 5.41) is 22.5. The molecule has 5 heterocycles. The Balaban J connectivity index is 0.930. The molecule has 2 atom stereocenters. The summed E-state index contributed by atoms with van der Waals surface area (Å²) in [6.45, 7) is -0.668. The zero-order valence-electron chi connectivity index (χ0n) is 38.4. The maximum Gasteiger partial charge on any atom is 0.352 e. The third-order valence-electron chi connectivity index (χ3n) is 12.1. The maximum absolute atomic E-state index is 14.6. The fourth-order valence-electron chi connectivity index (χ4n) is 8.70. The van der Waals surface area contributed by atoms with E-state index in [0.717, 1.165) is 42.5 Å². The Hall–Kier alpha value is -7.64. The van der Waals surface area contributed by atoms with Crippen LogP contribution in [0.4, 0.5) is 5.13 Å². The molecule has 2 aliphatic rings. The first kappa shape index (κ1) is 48.0. The number of ether oxygens (including phenoxy) is 1. The highest BCUT2D eigenvalue weighted by Crippen LogP contribution is 2.43. The van der Waals surface area contributed by atoms with E-state index in [1.165, 1.54) is 51.1 Å². The summed E-state index contributed by atoms with van der Waals surface area (Å²) in [4.78, 5) is 72.4. The van der Waals surface area contributed by atoms with Crippen LogP contribution in [0.3, 0.4) is 0 Å². The number of nitrogens with one attached hydrogen (secondary N) is 2. The van der Waals surface area contributed by atoms with Gasteiger partial charge in [-0.3, -0.25) is 14.5 Å². The predicted octanol–water partition coefficient (Wildman–Crippen LogP) is 8.57. The lowest BCUT2D eigenvalue weighted by Crippen LogP contribution is -2.71. The number of esters is 1. The number of thioether (sulfide) groups is 2. The number of anilines is 1. The molecule has 3 N–H and O–H groups in total. The summed E-state index contributed by atoms with van der Waals surface area (Å²) in [7, 11) is 1.94. The average molecular weight is 1030 g/mol. The summed E-state index contributed by atoms with van der Waals surface area (Å²) in [5.41, 5.74) is 4.40. The van der Waals surface area contributed by atoms with E-state index in [4.69, 9.17) is 19.5 Å². The molecule has 0 saturated carbocycles. The van der Waals surface area contributed by atoms with Gasteiger partial charge in [0.05, 0.1) is 0 Å². The quantitative estimate of drug-likeness (QED) is 0.0142. The second kappa shape index (κ2) is 21.4. The van der Waals surface area contributed by atoms with Crippen LogP contribution >= 0.6 is 46.2 Å². The van der Waals surface area contributed by atoms with Crippen molar-refractivity contribution in [3.8, 4) is 0 Å². The number of aromatic nitrogens is 3. The number of hydrogen-bond acceptors (Lipinski definition) is 14. The van der Waals surface area contributed by atoms with Crippen LogP contribution < -0.4 is 15.2 Å². The van der Waals surface area contributed by atoms with E-state index in [1.54, 1.807) is 5.38 Å². The molecule has 2 amide bonds. The topological polar surface area (TPSA) is 176 Å². The van der Waals surface area contributed by atoms with Crippen LogP contribution in [-0.4, -0.2) is 79.0 Å². The summed E-state index contributed by atoms with van der Waals surface area (Å²) < 4.78 is 8.71. The first-order chi connectivity index (χ1) is 35.2. The lowest BCUT2D eigenvalue weighted by molar-refractivity contribution is -0.642. The number of pyridine rings is 1. The molecule has 72 heavy (non-hydrogen) atoms. The Kier molecular flexibility index (Phi) is 14.3. The Morgan fingerprint density at radius 2 is 1.42 bits per heavy atom. The average Bonchev–Trinajstić information content (AvgIpc) is 4.08. The number of carboxylic acid groups (broad SMARTS) is 1. The van der Waals surface area contributed by atoms with Gasteiger partial charge < -0.3 is 25.3 Å². The minimum Gasteiger partial charge on any atom is -0.477 e. The Morgan fingerprint density at radius 3 is 1.99 bits per heavy atom. The second-order valence-electron chi connectivity index (χ2n) is 16.6. The molecule has 0 aliphatic carbocycles. The smallest absolute Gasteiger partial charge is 0.352 e. The predicted molar refractivity (Wildman–Crippen MR) is 279 cm³/mol. The Labute approximate surface area is 430 Å². The number of β-lactam (4-membered cyclic amide) rings is 1. The van der Waals surface area contributed by atoms with Crippen LogP contribution in [0, 0.1) is 0 Å². The van der Waals surface area contributed by atoms with Crippen molar-refractivity contribution < 1.29 is 38.4 Å². The van der Waals surface area contributed by atoms with Crippen molar-refractivity contribution >= 4 is 91.1 Å². The van der Waals surface area contributed by atoms with Crippen molar-refractivity contribution in [2.75, 3.05) is 23.4 Å². The first-order valence-corrected chi connectivity index (χ1v) is 26.4. The van der Waals surface area contributed by atoms with Gasteiger partial charge in [0.1, 0.15) is 40.9 Å². The number of amides is 2. The van der Waals surface area contributed by atoms with Crippen molar-refractivity contribution in [1.82, 2.24) is 20.2 Å². The molecule has 1 fully saturated rings. The number of benzene rings is 5. The molecule has 10 rings (SSSR count). The fraction of sp³-hybridized carbons (Fsp3) is 0.148. The van der Waals surface area contributed by atoms with Crippen LogP contribution in [0.5, 0.6) is 0 Å². The largest absolute Gasteiger partial charge is 0.477 e. The molecule has 3 aromatic heterocycles. The van der Waals surface area contributed by atoms with Crippen molar-refractivity contribution in [2.24, 2.45) is 12.2 Å². The van der Waals surface area contributed by atoms with Gasteiger partial charge in [0.15, 0.2) is 27.5 Å².